The van der Waals surface area contributed by atoms with E-state index >= 15 is 0 Å². The van der Waals surface area contributed by atoms with Crippen molar-refractivity contribution in [3.63, 3.8) is 0 Å². The quantitative estimate of drug-likeness (QED) is 0.632. The molecule has 1 aromatic heterocycles. The molecule has 0 radical (unpaired) electrons. The zero-order valence-corrected chi connectivity index (χ0v) is 17.7. The monoisotopic (exact) mass is 427 g/mol. The molecule has 3 aromatic rings. The van der Waals surface area contributed by atoms with Crippen molar-refractivity contribution in [1.82, 2.24) is 14.6 Å². The van der Waals surface area contributed by atoms with Crippen molar-refractivity contribution >= 4 is 26.8 Å². The molecule has 1 aliphatic rings. The van der Waals surface area contributed by atoms with Crippen molar-refractivity contribution in [2.24, 2.45) is 0 Å². The lowest BCUT2D eigenvalue weighted by molar-refractivity contribution is -0.120. The van der Waals surface area contributed by atoms with E-state index in [-0.39, 0.29) is 10.8 Å². The average Bonchev–Trinajstić information content (AvgIpc) is 3.08. The molecule has 30 heavy (non-hydrogen) atoms. The van der Waals surface area contributed by atoms with Crippen molar-refractivity contribution in [3.8, 4) is 0 Å². The molecule has 4 rings (SSSR count). The summed E-state index contributed by atoms with van der Waals surface area (Å²) in [7, 11) is -3.51. The summed E-state index contributed by atoms with van der Waals surface area (Å²) in [5, 5.41) is 3.98. The number of amides is 1. The molecule has 1 aliphatic heterocycles. The molecule has 1 saturated heterocycles. The summed E-state index contributed by atoms with van der Waals surface area (Å²) in [5.74, 6) is -0.0760. The predicted molar refractivity (Wildman–Crippen MR) is 115 cm³/mol. The van der Waals surface area contributed by atoms with Gasteiger partial charge in [0.05, 0.1) is 24.5 Å². The molecular formula is C22H25N3O4S. The van der Waals surface area contributed by atoms with Crippen LogP contribution in [-0.4, -0.2) is 49.9 Å². The van der Waals surface area contributed by atoms with Crippen LogP contribution in [-0.2, 0) is 32.5 Å². The van der Waals surface area contributed by atoms with Crippen LogP contribution in [0.2, 0.25) is 0 Å². The number of morpholine rings is 1. The molecule has 2 aromatic carbocycles. The Morgan fingerprint density at radius 1 is 1.10 bits per heavy atom. The molecule has 7 nitrogen and oxygen atoms in total. The van der Waals surface area contributed by atoms with E-state index in [1.807, 2.05) is 31.2 Å². The molecule has 2 N–H and O–H groups in total. The highest BCUT2D eigenvalue weighted by Gasteiger charge is 2.26. The average molecular weight is 428 g/mol. The maximum absolute atomic E-state index is 12.7. The van der Waals surface area contributed by atoms with Crippen LogP contribution in [0.25, 0.3) is 10.9 Å². The van der Waals surface area contributed by atoms with Gasteiger partial charge in [0.2, 0.25) is 15.9 Å². The number of benzene rings is 2. The zero-order valence-electron chi connectivity index (χ0n) is 16.8. The second-order valence-corrected chi connectivity index (χ2v) is 9.33. The number of fused-ring (bicyclic) bond motifs is 1. The molecule has 0 unspecified atom stereocenters. The second kappa shape index (κ2) is 8.59. The molecule has 0 atom stereocenters. The first-order valence-electron chi connectivity index (χ1n) is 9.95. The molecule has 1 fully saturated rings. The number of rotatable bonds is 6. The predicted octanol–water partition coefficient (Wildman–Crippen LogP) is 2.36. The number of hydrogen-bond donors (Lipinski definition) is 2. The molecular weight excluding hydrogens is 402 g/mol. The lowest BCUT2D eigenvalue weighted by Gasteiger charge is -2.26. The maximum Gasteiger partial charge on any atom is 0.243 e. The van der Waals surface area contributed by atoms with Gasteiger partial charge >= 0.3 is 0 Å². The van der Waals surface area contributed by atoms with Crippen molar-refractivity contribution in [2.75, 3.05) is 26.3 Å². The minimum Gasteiger partial charge on any atom is -0.379 e. The molecule has 1 amide bonds. The molecule has 2 heterocycles. The van der Waals surface area contributed by atoms with Crippen LogP contribution in [0.3, 0.4) is 0 Å². The van der Waals surface area contributed by atoms with Gasteiger partial charge < -0.3 is 15.0 Å². The van der Waals surface area contributed by atoms with Gasteiger partial charge in [-0.15, -0.1) is 0 Å². The van der Waals surface area contributed by atoms with Crippen LogP contribution >= 0.6 is 0 Å². The van der Waals surface area contributed by atoms with E-state index in [0.717, 1.165) is 27.7 Å². The second-order valence-electron chi connectivity index (χ2n) is 7.39. The van der Waals surface area contributed by atoms with Crippen molar-refractivity contribution in [1.29, 1.82) is 0 Å². The highest BCUT2D eigenvalue weighted by molar-refractivity contribution is 7.89. The van der Waals surface area contributed by atoms with E-state index in [2.05, 4.69) is 10.3 Å². The summed E-state index contributed by atoms with van der Waals surface area (Å²) in [4.78, 5) is 16.0. The van der Waals surface area contributed by atoms with Gasteiger partial charge in [-0.1, -0.05) is 30.3 Å². The molecule has 8 heteroatoms. The van der Waals surface area contributed by atoms with Gasteiger partial charge in [0.15, 0.2) is 0 Å². The zero-order chi connectivity index (χ0) is 21.1. The number of hydrogen-bond acceptors (Lipinski definition) is 4. The Labute approximate surface area is 176 Å². The summed E-state index contributed by atoms with van der Waals surface area (Å²) in [6.45, 7) is 3.88. The lowest BCUT2D eigenvalue weighted by Crippen LogP contribution is -2.40. The van der Waals surface area contributed by atoms with Gasteiger partial charge in [0.25, 0.3) is 0 Å². The van der Waals surface area contributed by atoms with Gasteiger partial charge in [-0.2, -0.15) is 4.31 Å². The third kappa shape index (κ3) is 4.26. The summed E-state index contributed by atoms with van der Waals surface area (Å²) >= 11 is 0. The largest absolute Gasteiger partial charge is 0.379 e. The fraction of sp³-hybridized carbons (Fsp3) is 0.318. The highest BCUT2D eigenvalue weighted by atomic mass is 32.2. The SMILES string of the molecule is Cc1[nH]c2ccccc2c1CC(=O)NCc1ccc(S(=O)(=O)N2CCOCC2)cc1. The van der Waals surface area contributed by atoms with Crippen LogP contribution in [0.4, 0.5) is 0 Å². The highest BCUT2D eigenvalue weighted by Crippen LogP contribution is 2.22. The number of nitrogens with one attached hydrogen (secondary N) is 2. The van der Waals surface area contributed by atoms with Gasteiger partial charge in [-0.25, -0.2) is 8.42 Å². The summed E-state index contributed by atoms with van der Waals surface area (Å²) in [6.07, 6.45) is 0.291. The fourth-order valence-electron chi connectivity index (χ4n) is 3.70. The molecule has 0 aliphatic carbocycles. The Morgan fingerprint density at radius 2 is 1.80 bits per heavy atom. The maximum atomic E-state index is 12.7. The smallest absolute Gasteiger partial charge is 0.243 e. The van der Waals surface area contributed by atoms with Gasteiger partial charge in [-0.3, -0.25) is 4.79 Å². The first-order valence-corrected chi connectivity index (χ1v) is 11.4. The number of carbonyl (C=O) groups excluding carboxylic acids is 1. The third-order valence-corrected chi connectivity index (χ3v) is 7.30. The minimum atomic E-state index is -3.51. The van der Waals surface area contributed by atoms with Gasteiger partial charge in [0, 0.05) is 36.2 Å². The number of H-pyrrole nitrogens is 1. The molecule has 158 valence electrons. The van der Waals surface area contributed by atoms with E-state index in [0.29, 0.717) is 39.3 Å². The van der Waals surface area contributed by atoms with Crippen LogP contribution < -0.4 is 5.32 Å². The Kier molecular flexibility index (Phi) is 5.90. The van der Waals surface area contributed by atoms with Crippen LogP contribution in [0.5, 0.6) is 0 Å². The lowest BCUT2D eigenvalue weighted by atomic mass is 10.1. The molecule has 0 bridgehead atoms. The van der Waals surface area contributed by atoms with E-state index in [1.165, 1.54) is 4.31 Å². The van der Waals surface area contributed by atoms with Crippen molar-refractivity contribution in [3.05, 3.63) is 65.4 Å². The Balaban J connectivity index is 1.38. The van der Waals surface area contributed by atoms with Crippen LogP contribution in [0.1, 0.15) is 16.8 Å². The number of aromatic amines is 1. The normalized spacial score (nSPS) is 15.4. The number of aromatic nitrogens is 1. The number of sulfonamides is 1. The number of para-hydroxylation sites is 1. The summed E-state index contributed by atoms with van der Waals surface area (Å²) in [5.41, 5.74) is 3.86. The summed E-state index contributed by atoms with van der Waals surface area (Å²) in [6, 6.07) is 14.6. The fourth-order valence-corrected chi connectivity index (χ4v) is 5.11. The van der Waals surface area contributed by atoms with E-state index in [4.69, 9.17) is 4.74 Å². The Bertz CT molecular complexity index is 1150. The first kappa shape index (κ1) is 20.6. The summed E-state index contributed by atoms with van der Waals surface area (Å²) < 4.78 is 32.0. The Hall–Kier alpha value is -2.68. The van der Waals surface area contributed by atoms with Crippen LogP contribution in [0.15, 0.2) is 53.4 Å². The number of aryl methyl sites for hydroxylation is 1. The van der Waals surface area contributed by atoms with Crippen molar-refractivity contribution in [2.45, 2.75) is 24.8 Å². The first-order chi connectivity index (χ1) is 14.4. The van der Waals surface area contributed by atoms with E-state index in [1.54, 1.807) is 24.3 Å². The molecule has 0 saturated carbocycles. The standard InChI is InChI=1S/C22H25N3O4S/c1-16-20(19-4-2-3-5-21(19)24-16)14-22(26)23-15-17-6-8-18(9-7-17)30(27,28)25-10-12-29-13-11-25/h2-9,24H,10-15H2,1H3,(H,23,26). The van der Waals surface area contributed by atoms with Crippen molar-refractivity contribution < 1.29 is 17.9 Å². The van der Waals surface area contributed by atoms with E-state index in [9.17, 15) is 13.2 Å². The van der Waals surface area contributed by atoms with Gasteiger partial charge in [-0.05, 0) is 36.2 Å². The van der Waals surface area contributed by atoms with Gasteiger partial charge in [0.1, 0.15) is 0 Å². The Morgan fingerprint density at radius 3 is 2.53 bits per heavy atom. The van der Waals surface area contributed by atoms with Crippen LogP contribution in [0, 0.1) is 6.92 Å². The number of nitrogens with zero attached hydrogens (tertiary/aromatic N) is 1. The minimum absolute atomic E-state index is 0.0760. The number of ether oxygens (including phenoxy) is 1. The molecule has 0 spiro atoms. The topological polar surface area (TPSA) is 91.5 Å². The number of carbonyl (C=O) groups is 1. The van der Waals surface area contributed by atoms with E-state index < -0.39 is 10.0 Å². The third-order valence-electron chi connectivity index (χ3n) is 5.39.